The third-order valence-corrected chi connectivity index (χ3v) is 3.57. The lowest BCUT2D eigenvalue weighted by molar-refractivity contribution is -0.117. The number of benzene rings is 1. The highest BCUT2D eigenvalue weighted by molar-refractivity contribution is 9.10. The second-order valence-electron chi connectivity index (χ2n) is 4.40. The van der Waals surface area contributed by atoms with E-state index in [0.29, 0.717) is 6.54 Å². The van der Waals surface area contributed by atoms with Crippen molar-refractivity contribution in [2.24, 2.45) is 0 Å². The maximum Gasteiger partial charge on any atom is 0.246 e. The molecule has 0 aliphatic carbocycles. The minimum Gasteiger partial charge on any atom is -0.324 e. The number of halogens is 1. The first kappa shape index (κ1) is 12.3. The summed E-state index contributed by atoms with van der Waals surface area (Å²) in [4.78, 5) is 16.0. The van der Waals surface area contributed by atoms with Crippen LogP contribution in [0.25, 0.3) is 0 Å². The molecule has 0 saturated heterocycles. The van der Waals surface area contributed by atoms with E-state index in [4.69, 9.17) is 0 Å². The number of carbonyl (C=O) groups excluding carboxylic acids is 1. The first-order chi connectivity index (χ1) is 9.24. The Morgan fingerprint density at radius 2 is 2.26 bits per heavy atom. The van der Waals surface area contributed by atoms with E-state index in [-0.39, 0.29) is 11.9 Å². The van der Waals surface area contributed by atoms with Crippen LogP contribution < -0.4 is 10.6 Å². The first-order valence-corrected chi connectivity index (χ1v) is 6.76. The van der Waals surface area contributed by atoms with Crippen LogP contribution in [0.4, 0.5) is 5.69 Å². The van der Waals surface area contributed by atoms with Gasteiger partial charge in [-0.1, -0.05) is 28.1 Å². The molecule has 19 heavy (non-hydrogen) atoms. The van der Waals surface area contributed by atoms with Crippen LogP contribution in [-0.2, 0) is 11.3 Å². The number of anilines is 1. The van der Waals surface area contributed by atoms with Crippen molar-refractivity contribution in [1.82, 2.24) is 10.3 Å². The third kappa shape index (κ3) is 2.52. The molecule has 5 heteroatoms. The SMILES string of the molecule is O=C1Nc2cc(Br)ccc2C1NCc1cccnc1. The molecule has 2 aromatic rings. The molecule has 0 spiro atoms. The average molecular weight is 318 g/mol. The summed E-state index contributed by atoms with van der Waals surface area (Å²) < 4.78 is 0.958. The normalized spacial score (nSPS) is 17.1. The van der Waals surface area contributed by atoms with Crippen molar-refractivity contribution in [3.05, 3.63) is 58.3 Å². The lowest BCUT2D eigenvalue weighted by atomic mass is 10.1. The molecule has 0 bridgehead atoms. The van der Waals surface area contributed by atoms with Crippen LogP contribution in [0.15, 0.2) is 47.2 Å². The van der Waals surface area contributed by atoms with Crippen molar-refractivity contribution in [3.63, 3.8) is 0 Å². The Balaban J connectivity index is 1.77. The zero-order valence-corrected chi connectivity index (χ0v) is 11.6. The number of hydrogen-bond donors (Lipinski definition) is 2. The van der Waals surface area contributed by atoms with Gasteiger partial charge in [-0.15, -0.1) is 0 Å². The molecule has 0 saturated carbocycles. The van der Waals surface area contributed by atoms with E-state index in [9.17, 15) is 4.79 Å². The summed E-state index contributed by atoms with van der Waals surface area (Å²) in [5.41, 5.74) is 2.90. The number of pyridine rings is 1. The number of nitrogens with one attached hydrogen (secondary N) is 2. The number of hydrogen-bond acceptors (Lipinski definition) is 3. The molecule has 0 radical (unpaired) electrons. The quantitative estimate of drug-likeness (QED) is 0.915. The molecule has 1 aliphatic heterocycles. The predicted molar refractivity (Wildman–Crippen MR) is 76.6 cm³/mol. The second-order valence-corrected chi connectivity index (χ2v) is 5.31. The van der Waals surface area contributed by atoms with Gasteiger partial charge in [-0.25, -0.2) is 0 Å². The molecule has 1 aromatic carbocycles. The summed E-state index contributed by atoms with van der Waals surface area (Å²) >= 11 is 3.40. The van der Waals surface area contributed by atoms with Crippen LogP contribution in [0.3, 0.4) is 0 Å². The topological polar surface area (TPSA) is 54.0 Å². The fourth-order valence-corrected chi connectivity index (χ4v) is 2.52. The average Bonchev–Trinajstić information content (AvgIpc) is 2.72. The van der Waals surface area contributed by atoms with Crippen LogP contribution in [0.2, 0.25) is 0 Å². The van der Waals surface area contributed by atoms with Crippen LogP contribution in [-0.4, -0.2) is 10.9 Å². The standard InChI is InChI=1S/C14H12BrN3O/c15-10-3-4-11-12(6-10)18-14(19)13(11)17-8-9-2-1-5-16-7-9/h1-7,13,17H,8H2,(H,18,19). The largest absolute Gasteiger partial charge is 0.324 e. The van der Waals surface area contributed by atoms with Gasteiger partial charge < -0.3 is 5.32 Å². The molecular formula is C14H12BrN3O. The van der Waals surface area contributed by atoms with E-state index >= 15 is 0 Å². The summed E-state index contributed by atoms with van der Waals surface area (Å²) in [6, 6.07) is 9.38. The molecule has 1 aromatic heterocycles. The molecule has 1 amide bonds. The second kappa shape index (κ2) is 5.11. The van der Waals surface area contributed by atoms with Gasteiger partial charge in [0.05, 0.1) is 0 Å². The van der Waals surface area contributed by atoms with E-state index in [1.165, 1.54) is 0 Å². The zero-order valence-electron chi connectivity index (χ0n) is 10.1. The van der Waals surface area contributed by atoms with Gasteiger partial charge in [0, 0.05) is 34.7 Å². The minimum absolute atomic E-state index is 0.0167. The highest BCUT2D eigenvalue weighted by Crippen LogP contribution is 2.33. The number of nitrogens with zero attached hydrogens (tertiary/aromatic N) is 1. The summed E-state index contributed by atoms with van der Waals surface area (Å²) in [7, 11) is 0. The minimum atomic E-state index is -0.302. The van der Waals surface area contributed by atoms with Crippen molar-refractivity contribution in [2.45, 2.75) is 12.6 Å². The highest BCUT2D eigenvalue weighted by atomic mass is 79.9. The number of carbonyl (C=O) groups is 1. The fraction of sp³-hybridized carbons (Fsp3) is 0.143. The first-order valence-electron chi connectivity index (χ1n) is 5.96. The van der Waals surface area contributed by atoms with E-state index in [1.54, 1.807) is 12.4 Å². The molecular weight excluding hydrogens is 306 g/mol. The summed E-state index contributed by atoms with van der Waals surface area (Å²) in [6.07, 6.45) is 3.53. The number of aromatic nitrogens is 1. The van der Waals surface area contributed by atoms with Gasteiger partial charge in [-0.2, -0.15) is 0 Å². The van der Waals surface area contributed by atoms with Crippen molar-refractivity contribution >= 4 is 27.5 Å². The Labute approximate surface area is 119 Å². The Kier molecular flexibility index (Phi) is 3.31. The number of rotatable bonds is 3. The van der Waals surface area contributed by atoms with Crippen molar-refractivity contribution in [1.29, 1.82) is 0 Å². The van der Waals surface area contributed by atoms with Crippen molar-refractivity contribution < 1.29 is 4.79 Å². The van der Waals surface area contributed by atoms with Gasteiger partial charge >= 0.3 is 0 Å². The molecule has 4 nitrogen and oxygen atoms in total. The molecule has 96 valence electrons. The van der Waals surface area contributed by atoms with Gasteiger partial charge in [0.25, 0.3) is 0 Å². The van der Waals surface area contributed by atoms with Crippen LogP contribution >= 0.6 is 15.9 Å². The Hall–Kier alpha value is -1.72. The Morgan fingerprint density at radius 3 is 3.05 bits per heavy atom. The maximum absolute atomic E-state index is 12.0. The Morgan fingerprint density at radius 1 is 1.37 bits per heavy atom. The van der Waals surface area contributed by atoms with Gasteiger partial charge in [0.1, 0.15) is 6.04 Å². The Bertz CT molecular complexity index is 615. The van der Waals surface area contributed by atoms with Crippen molar-refractivity contribution in [2.75, 3.05) is 5.32 Å². The molecule has 1 aliphatic rings. The molecule has 2 N–H and O–H groups in total. The molecule has 1 unspecified atom stereocenters. The van der Waals surface area contributed by atoms with Gasteiger partial charge in [-0.3, -0.25) is 15.1 Å². The monoisotopic (exact) mass is 317 g/mol. The number of fused-ring (bicyclic) bond motifs is 1. The van der Waals surface area contributed by atoms with Crippen LogP contribution in [0.1, 0.15) is 17.2 Å². The summed E-state index contributed by atoms with van der Waals surface area (Å²) in [5, 5.41) is 6.13. The molecule has 1 atom stereocenters. The molecule has 0 fully saturated rings. The summed E-state index contributed by atoms with van der Waals surface area (Å²) in [5.74, 6) is -0.0167. The van der Waals surface area contributed by atoms with Crippen LogP contribution in [0, 0.1) is 0 Å². The van der Waals surface area contributed by atoms with Crippen LogP contribution in [0.5, 0.6) is 0 Å². The van der Waals surface area contributed by atoms with Crippen molar-refractivity contribution in [3.8, 4) is 0 Å². The van der Waals surface area contributed by atoms with E-state index < -0.39 is 0 Å². The highest BCUT2D eigenvalue weighted by Gasteiger charge is 2.29. The van der Waals surface area contributed by atoms with Gasteiger partial charge in [0.15, 0.2) is 0 Å². The maximum atomic E-state index is 12.0. The van der Waals surface area contributed by atoms with E-state index in [2.05, 4.69) is 31.5 Å². The fourth-order valence-electron chi connectivity index (χ4n) is 2.16. The molecule has 2 heterocycles. The van der Waals surface area contributed by atoms with Gasteiger partial charge in [0.2, 0.25) is 5.91 Å². The smallest absolute Gasteiger partial charge is 0.246 e. The lowest BCUT2D eigenvalue weighted by Crippen LogP contribution is -2.27. The van der Waals surface area contributed by atoms with Gasteiger partial charge in [-0.05, 0) is 23.8 Å². The van der Waals surface area contributed by atoms with E-state index in [0.717, 1.165) is 21.3 Å². The van der Waals surface area contributed by atoms with E-state index in [1.807, 2.05) is 30.3 Å². The third-order valence-electron chi connectivity index (χ3n) is 3.08. The number of amides is 1. The molecule has 3 rings (SSSR count). The lowest BCUT2D eigenvalue weighted by Gasteiger charge is -2.11. The predicted octanol–water partition coefficient (Wildman–Crippen LogP) is 2.63. The zero-order chi connectivity index (χ0) is 13.2. The summed E-state index contributed by atoms with van der Waals surface area (Å²) in [6.45, 7) is 0.613.